The predicted octanol–water partition coefficient (Wildman–Crippen LogP) is 2.87. The Morgan fingerprint density at radius 2 is 1.63 bits per heavy atom. The molecule has 0 heterocycles. The van der Waals surface area contributed by atoms with E-state index in [2.05, 4.69) is 11.4 Å². The predicted molar refractivity (Wildman–Crippen MR) is 73.0 cm³/mol. The summed E-state index contributed by atoms with van der Waals surface area (Å²) in [7, 11) is 0. The first-order chi connectivity index (χ1) is 9.02. The highest BCUT2D eigenvalue weighted by Crippen LogP contribution is 2.60. The van der Waals surface area contributed by atoms with Gasteiger partial charge in [0.2, 0.25) is 5.91 Å². The second-order valence-corrected chi connectivity index (χ2v) is 7.52. The van der Waals surface area contributed by atoms with Crippen LogP contribution in [0.25, 0.3) is 0 Å². The molecule has 0 spiro atoms. The highest BCUT2D eigenvalue weighted by molar-refractivity contribution is 5.83. The second kappa shape index (κ2) is 4.51. The van der Waals surface area contributed by atoms with Gasteiger partial charge >= 0.3 is 0 Å². The lowest BCUT2D eigenvalue weighted by atomic mass is 9.49. The molecule has 1 unspecified atom stereocenters. The van der Waals surface area contributed by atoms with Gasteiger partial charge in [-0.2, -0.15) is 5.26 Å². The second-order valence-electron chi connectivity index (χ2n) is 7.52. The lowest BCUT2D eigenvalue weighted by Crippen LogP contribution is -2.55. The van der Waals surface area contributed by atoms with Gasteiger partial charge in [-0.25, -0.2) is 0 Å². The molecule has 104 valence electrons. The van der Waals surface area contributed by atoms with E-state index in [1.807, 2.05) is 13.8 Å². The summed E-state index contributed by atoms with van der Waals surface area (Å²) in [5.74, 6) is 2.68. The zero-order chi connectivity index (χ0) is 13.6. The average Bonchev–Trinajstić information content (AvgIpc) is 2.33. The van der Waals surface area contributed by atoms with Gasteiger partial charge in [-0.15, -0.1) is 0 Å². The van der Waals surface area contributed by atoms with Crippen LogP contribution in [0.2, 0.25) is 0 Å². The number of carbonyl (C=O) groups excluding carboxylic acids is 1. The molecule has 0 aromatic carbocycles. The minimum Gasteiger partial charge on any atom is -0.340 e. The van der Waals surface area contributed by atoms with Gasteiger partial charge in [0.1, 0.15) is 6.04 Å². The lowest BCUT2D eigenvalue weighted by Gasteiger charge is -2.55. The minimum atomic E-state index is -0.333. The number of nitrogens with zero attached hydrogens (tertiary/aromatic N) is 1. The summed E-state index contributed by atoms with van der Waals surface area (Å²) in [6.07, 6.45) is 7.25. The van der Waals surface area contributed by atoms with Crippen LogP contribution in [-0.4, -0.2) is 11.9 Å². The Balaban J connectivity index is 1.75. The maximum Gasteiger partial charge on any atom is 0.227 e. The number of nitriles is 1. The van der Waals surface area contributed by atoms with Crippen molar-refractivity contribution in [2.45, 2.75) is 58.4 Å². The molecule has 3 heteroatoms. The standard InChI is InChI=1S/C16H24N2O/c1-10(2)14(9-17)18-15(19)16-6-11-3-12(7-16)5-13(4-11)8-16/h10-14H,3-8H2,1-2H3,(H,18,19). The zero-order valence-corrected chi connectivity index (χ0v) is 12.0. The number of hydrogen-bond donors (Lipinski definition) is 1. The fourth-order valence-electron chi connectivity index (χ4n) is 5.03. The van der Waals surface area contributed by atoms with Crippen molar-refractivity contribution in [3.8, 4) is 6.07 Å². The van der Waals surface area contributed by atoms with E-state index >= 15 is 0 Å². The minimum absolute atomic E-state index is 0.126. The van der Waals surface area contributed by atoms with Gasteiger partial charge in [0.25, 0.3) is 0 Å². The molecule has 4 fully saturated rings. The van der Waals surface area contributed by atoms with Crippen molar-refractivity contribution in [1.82, 2.24) is 5.32 Å². The van der Waals surface area contributed by atoms with Gasteiger partial charge in [0.15, 0.2) is 0 Å². The lowest BCUT2D eigenvalue weighted by molar-refractivity contribution is -0.146. The van der Waals surface area contributed by atoms with E-state index in [4.69, 9.17) is 5.26 Å². The third kappa shape index (κ3) is 2.16. The van der Waals surface area contributed by atoms with Gasteiger partial charge < -0.3 is 5.32 Å². The number of amides is 1. The molecule has 4 bridgehead atoms. The number of hydrogen-bond acceptors (Lipinski definition) is 2. The van der Waals surface area contributed by atoms with Gasteiger partial charge in [-0.05, 0) is 62.2 Å². The topological polar surface area (TPSA) is 52.9 Å². The molecule has 3 nitrogen and oxygen atoms in total. The maximum absolute atomic E-state index is 12.7. The van der Waals surface area contributed by atoms with E-state index in [1.165, 1.54) is 19.3 Å². The van der Waals surface area contributed by atoms with Crippen LogP contribution >= 0.6 is 0 Å². The number of rotatable bonds is 3. The smallest absolute Gasteiger partial charge is 0.227 e. The summed E-state index contributed by atoms with van der Waals surface area (Å²) >= 11 is 0. The first-order valence-electron chi connectivity index (χ1n) is 7.73. The van der Waals surface area contributed by atoms with E-state index < -0.39 is 0 Å². The Bertz CT molecular complexity index is 386. The number of carbonyl (C=O) groups is 1. The molecule has 4 saturated carbocycles. The van der Waals surface area contributed by atoms with Gasteiger partial charge in [0, 0.05) is 5.41 Å². The molecule has 4 aliphatic carbocycles. The fraction of sp³-hybridized carbons (Fsp3) is 0.875. The summed E-state index contributed by atoms with van der Waals surface area (Å²) in [5, 5.41) is 12.2. The summed E-state index contributed by atoms with van der Waals surface area (Å²) in [4.78, 5) is 12.7. The van der Waals surface area contributed by atoms with Crippen LogP contribution < -0.4 is 5.32 Å². The van der Waals surface area contributed by atoms with Crippen LogP contribution in [0.5, 0.6) is 0 Å². The zero-order valence-electron chi connectivity index (χ0n) is 12.0. The summed E-state index contributed by atoms with van der Waals surface area (Å²) in [5.41, 5.74) is -0.126. The van der Waals surface area contributed by atoms with Crippen LogP contribution in [0.1, 0.15) is 52.4 Å². The van der Waals surface area contributed by atoms with Gasteiger partial charge in [-0.1, -0.05) is 13.8 Å². The molecule has 0 aromatic rings. The highest BCUT2D eigenvalue weighted by Gasteiger charge is 2.54. The normalized spacial score (nSPS) is 41.1. The molecule has 4 aliphatic rings. The Morgan fingerprint density at radius 3 is 2.00 bits per heavy atom. The highest BCUT2D eigenvalue weighted by atomic mass is 16.2. The summed E-state index contributed by atoms with van der Waals surface area (Å²) in [6, 6.07) is 1.90. The van der Waals surface area contributed by atoms with Crippen molar-refractivity contribution in [2.24, 2.45) is 29.1 Å². The molecule has 0 aromatic heterocycles. The van der Waals surface area contributed by atoms with Crippen LogP contribution in [0.4, 0.5) is 0 Å². The van der Waals surface area contributed by atoms with E-state index in [1.54, 1.807) is 0 Å². The fourth-order valence-corrected chi connectivity index (χ4v) is 5.03. The van der Waals surface area contributed by atoms with Gasteiger partial charge in [0.05, 0.1) is 6.07 Å². The summed E-state index contributed by atoms with van der Waals surface area (Å²) in [6.45, 7) is 3.99. The average molecular weight is 260 g/mol. The first kappa shape index (κ1) is 13.0. The van der Waals surface area contributed by atoms with Crippen molar-refractivity contribution >= 4 is 5.91 Å². The van der Waals surface area contributed by atoms with Crippen LogP contribution in [0.3, 0.4) is 0 Å². The molecule has 0 saturated heterocycles. The Hall–Kier alpha value is -1.04. The quantitative estimate of drug-likeness (QED) is 0.848. The maximum atomic E-state index is 12.7. The van der Waals surface area contributed by atoms with E-state index in [0.29, 0.717) is 0 Å². The Kier molecular flexibility index (Phi) is 3.08. The first-order valence-corrected chi connectivity index (χ1v) is 7.73. The molecular formula is C16H24N2O. The SMILES string of the molecule is CC(C)C(C#N)NC(=O)C12CC3CC(CC(C3)C1)C2. The summed E-state index contributed by atoms with van der Waals surface area (Å²) < 4.78 is 0. The third-order valence-corrected chi connectivity index (χ3v) is 5.61. The Morgan fingerprint density at radius 1 is 1.16 bits per heavy atom. The van der Waals surface area contributed by atoms with E-state index in [-0.39, 0.29) is 23.3 Å². The molecule has 1 amide bonds. The van der Waals surface area contributed by atoms with Crippen LogP contribution in [0.15, 0.2) is 0 Å². The molecule has 19 heavy (non-hydrogen) atoms. The van der Waals surface area contributed by atoms with Gasteiger partial charge in [-0.3, -0.25) is 4.79 Å². The molecule has 1 N–H and O–H groups in total. The van der Waals surface area contributed by atoms with Crippen molar-refractivity contribution in [3.63, 3.8) is 0 Å². The van der Waals surface area contributed by atoms with Crippen molar-refractivity contribution in [3.05, 3.63) is 0 Å². The van der Waals surface area contributed by atoms with Crippen molar-refractivity contribution in [1.29, 1.82) is 5.26 Å². The number of nitrogens with one attached hydrogen (secondary N) is 1. The monoisotopic (exact) mass is 260 g/mol. The largest absolute Gasteiger partial charge is 0.340 e. The van der Waals surface area contributed by atoms with Crippen LogP contribution in [0, 0.1) is 40.4 Å². The molecule has 0 aliphatic heterocycles. The Labute approximate surface area is 115 Å². The van der Waals surface area contributed by atoms with Crippen LogP contribution in [-0.2, 0) is 4.79 Å². The molecule has 4 rings (SSSR count). The van der Waals surface area contributed by atoms with Crippen molar-refractivity contribution in [2.75, 3.05) is 0 Å². The van der Waals surface area contributed by atoms with E-state index in [0.717, 1.165) is 37.0 Å². The molecular weight excluding hydrogens is 236 g/mol. The molecule has 1 atom stereocenters. The third-order valence-electron chi connectivity index (χ3n) is 5.61. The van der Waals surface area contributed by atoms with Crippen molar-refractivity contribution < 1.29 is 4.79 Å². The van der Waals surface area contributed by atoms with E-state index in [9.17, 15) is 4.79 Å². The molecule has 0 radical (unpaired) electrons.